The van der Waals surface area contributed by atoms with Gasteiger partial charge in [0.1, 0.15) is 0 Å². The Morgan fingerprint density at radius 2 is 1.91 bits per heavy atom. The zero-order chi connectivity index (χ0) is 16.2. The van der Waals surface area contributed by atoms with E-state index < -0.39 is 0 Å². The first kappa shape index (κ1) is 15.7. The molecule has 4 rings (SSSR count). The summed E-state index contributed by atoms with van der Waals surface area (Å²) in [5.41, 5.74) is 2.01. The van der Waals surface area contributed by atoms with Crippen molar-refractivity contribution in [3.05, 3.63) is 11.6 Å². The molecule has 0 aromatic rings. The maximum atomic E-state index is 11.9. The Morgan fingerprint density at radius 3 is 2.70 bits per heavy atom. The Kier molecular flexibility index (Phi) is 3.66. The molecule has 128 valence electrons. The van der Waals surface area contributed by atoms with E-state index in [1.165, 1.54) is 58.5 Å². The van der Waals surface area contributed by atoms with E-state index >= 15 is 0 Å². The number of hydrogen-bond donors (Lipinski definition) is 0. The molecule has 0 saturated heterocycles. The molecule has 6 atom stereocenters. The Labute approximate surface area is 141 Å². The van der Waals surface area contributed by atoms with Crippen LogP contribution in [-0.4, -0.2) is 13.1 Å². The quantitative estimate of drug-likeness (QED) is 0.627. The number of allylic oxidation sites excluding steroid dienone is 1. The van der Waals surface area contributed by atoms with Crippen molar-refractivity contribution in [2.75, 3.05) is 7.11 Å². The number of ether oxygens (including phenoxy) is 1. The Hall–Kier alpha value is -0.790. The monoisotopic (exact) mass is 316 g/mol. The van der Waals surface area contributed by atoms with Crippen molar-refractivity contribution in [3.63, 3.8) is 0 Å². The number of carbonyl (C=O) groups is 1. The van der Waals surface area contributed by atoms with Gasteiger partial charge in [0.2, 0.25) is 0 Å². The molecule has 23 heavy (non-hydrogen) atoms. The van der Waals surface area contributed by atoms with Gasteiger partial charge in [-0.3, -0.25) is 0 Å². The van der Waals surface area contributed by atoms with Crippen LogP contribution in [0.3, 0.4) is 0 Å². The van der Waals surface area contributed by atoms with Crippen molar-refractivity contribution in [3.8, 4) is 0 Å². The lowest BCUT2D eigenvalue weighted by Crippen LogP contribution is -2.51. The summed E-state index contributed by atoms with van der Waals surface area (Å²) in [4.78, 5) is 11.9. The van der Waals surface area contributed by atoms with Gasteiger partial charge in [0.05, 0.1) is 7.11 Å². The standard InChI is InChI=1S/C21H32O2/c1-20-10-4-5-17(20)16-7-6-15-13-14(19(22)23-3)8-12-21(15,2)18(16)9-11-20/h13,15-18H,4-12H2,1-3H3/t15?,16-,17-,18+,20-,21-/m0/s1. The number of hydrogen-bond acceptors (Lipinski definition) is 2. The fourth-order valence-electron chi connectivity index (χ4n) is 7.15. The van der Waals surface area contributed by atoms with Gasteiger partial charge in [-0.2, -0.15) is 0 Å². The maximum absolute atomic E-state index is 11.9. The van der Waals surface area contributed by atoms with Crippen LogP contribution in [0.1, 0.15) is 71.6 Å². The van der Waals surface area contributed by atoms with Gasteiger partial charge < -0.3 is 4.74 Å². The van der Waals surface area contributed by atoms with Gasteiger partial charge in [-0.25, -0.2) is 4.79 Å². The molecule has 2 nitrogen and oxygen atoms in total. The predicted octanol–water partition coefficient (Wildman–Crippen LogP) is 5.13. The minimum absolute atomic E-state index is 0.0961. The third-order valence-corrected chi connectivity index (χ3v) is 8.51. The van der Waals surface area contributed by atoms with Gasteiger partial charge in [-0.05, 0) is 85.9 Å². The topological polar surface area (TPSA) is 26.3 Å². The summed E-state index contributed by atoms with van der Waals surface area (Å²) >= 11 is 0. The molecule has 4 aliphatic rings. The third kappa shape index (κ3) is 2.23. The molecular formula is C21H32O2. The zero-order valence-corrected chi connectivity index (χ0v) is 15.1. The van der Waals surface area contributed by atoms with Crippen LogP contribution >= 0.6 is 0 Å². The number of esters is 1. The molecule has 0 aliphatic heterocycles. The Morgan fingerprint density at radius 1 is 1.09 bits per heavy atom. The van der Waals surface area contributed by atoms with Crippen LogP contribution in [-0.2, 0) is 9.53 Å². The summed E-state index contributed by atoms with van der Waals surface area (Å²) in [7, 11) is 1.51. The predicted molar refractivity (Wildman–Crippen MR) is 91.8 cm³/mol. The second kappa shape index (κ2) is 5.36. The second-order valence-electron chi connectivity index (χ2n) is 9.33. The molecule has 0 aromatic heterocycles. The van der Waals surface area contributed by atoms with Crippen LogP contribution in [0.25, 0.3) is 0 Å². The molecule has 4 aliphatic carbocycles. The van der Waals surface area contributed by atoms with E-state index in [1.807, 2.05) is 0 Å². The van der Waals surface area contributed by atoms with Crippen molar-refractivity contribution >= 4 is 5.97 Å². The minimum Gasteiger partial charge on any atom is -0.466 e. The van der Waals surface area contributed by atoms with Crippen LogP contribution in [0.4, 0.5) is 0 Å². The molecular weight excluding hydrogens is 284 g/mol. The van der Waals surface area contributed by atoms with E-state index in [-0.39, 0.29) is 5.97 Å². The van der Waals surface area contributed by atoms with Gasteiger partial charge >= 0.3 is 5.97 Å². The molecule has 0 bridgehead atoms. The van der Waals surface area contributed by atoms with Crippen molar-refractivity contribution in [2.45, 2.75) is 71.6 Å². The second-order valence-corrected chi connectivity index (χ2v) is 9.33. The molecule has 0 amide bonds. The van der Waals surface area contributed by atoms with Gasteiger partial charge in [-0.1, -0.05) is 26.3 Å². The number of rotatable bonds is 1. The molecule has 1 unspecified atom stereocenters. The van der Waals surface area contributed by atoms with Gasteiger partial charge in [0.25, 0.3) is 0 Å². The van der Waals surface area contributed by atoms with Crippen LogP contribution in [0.15, 0.2) is 11.6 Å². The molecule has 0 aromatic carbocycles. The number of carbonyl (C=O) groups excluding carboxylic acids is 1. The molecule has 0 spiro atoms. The lowest BCUT2D eigenvalue weighted by molar-refractivity contribution is -0.137. The normalized spacial score (nSPS) is 48.7. The molecule has 0 N–H and O–H groups in total. The largest absolute Gasteiger partial charge is 0.466 e. The first-order chi connectivity index (χ1) is 11.0. The van der Waals surface area contributed by atoms with E-state index in [2.05, 4.69) is 19.9 Å². The summed E-state index contributed by atoms with van der Waals surface area (Å²) in [6, 6.07) is 0. The lowest BCUT2D eigenvalue weighted by Gasteiger charge is -2.59. The molecule has 0 heterocycles. The fraction of sp³-hybridized carbons (Fsp3) is 0.857. The minimum atomic E-state index is -0.0961. The smallest absolute Gasteiger partial charge is 0.333 e. The average Bonchev–Trinajstić information content (AvgIpc) is 2.95. The Bertz CT molecular complexity index is 536. The molecule has 0 radical (unpaired) electrons. The van der Waals surface area contributed by atoms with E-state index in [1.54, 1.807) is 0 Å². The van der Waals surface area contributed by atoms with Crippen LogP contribution in [0, 0.1) is 34.5 Å². The van der Waals surface area contributed by atoms with Crippen LogP contribution in [0.2, 0.25) is 0 Å². The summed E-state index contributed by atoms with van der Waals surface area (Å²) in [5, 5.41) is 0. The first-order valence-electron chi connectivity index (χ1n) is 9.77. The summed E-state index contributed by atoms with van der Waals surface area (Å²) in [5.74, 6) is 3.31. The van der Waals surface area contributed by atoms with E-state index in [0.717, 1.165) is 29.7 Å². The van der Waals surface area contributed by atoms with E-state index in [9.17, 15) is 4.79 Å². The van der Waals surface area contributed by atoms with E-state index in [0.29, 0.717) is 16.7 Å². The SMILES string of the molecule is COC(=O)C1=CC2CC[C@@H]3[C@@H](CC[C@]4(C)CCC[C@@H]34)[C@@]2(C)CC1. The molecule has 3 fully saturated rings. The number of fused-ring (bicyclic) bond motifs is 5. The highest BCUT2D eigenvalue weighted by molar-refractivity contribution is 5.88. The third-order valence-electron chi connectivity index (χ3n) is 8.51. The summed E-state index contributed by atoms with van der Waals surface area (Å²) in [6.45, 7) is 5.11. The first-order valence-corrected chi connectivity index (χ1v) is 9.77. The van der Waals surface area contributed by atoms with Crippen LogP contribution < -0.4 is 0 Å². The van der Waals surface area contributed by atoms with Crippen molar-refractivity contribution in [2.24, 2.45) is 34.5 Å². The highest BCUT2D eigenvalue weighted by Crippen LogP contribution is 2.65. The molecule has 3 saturated carbocycles. The fourth-order valence-corrected chi connectivity index (χ4v) is 7.15. The summed E-state index contributed by atoms with van der Waals surface area (Å²) < 4.78 is 4.97. The number of methoxy groups -OCH3 is 1. The van der Waals surface area contributed by atoms with Crippen LogP contribution in [0.5, 0.6) is 0 Å². The van der Waals surface area contributed by atoms with Crippen molar-refractivity contribution < 1.29 is 9.53 Å². The van der Waals surface area contributed by atoms with Crippen molar-refractivity contribution in [1.82, 2.24) is 0 Å². The highest BCUT2D eigenvalue weighted by atomic mass is 16.5. The summed E-state index contributed by atoms with van der Waals surface area (Å²) in [6.07, 6.45) is 14.3. The maximum Gasteiger partial charge on any atom is 0.333 e. The van der Waals surface area contributed by atoms with Crippen molar-refractivity contribution in [1.29, 1.82) is 0 Å². The van der Waals surface area contributed by atoms with Gasteiger partial charge in [0, 0.05) is 5.57 Å². The van der Waals surface area contributed by atoms with E-state index in [4.69, 9.17) is 4.74 Å². The average molecular weight is 316 g/mol. The molecule has 2 heteroatoms. The lowest BCUT2D eigenvalue weighted by atomic mass is 9.46. The van der Waals surface area contributed by atoms with Gasteiger partial charge in [0.15, 0.2) is 0 Å². The zero-order valence-electron chi connectivity index (χ0n) is 15.1. The Balaban J connectivity index is 1.61. The van der Waals surface area contributed by atoms with Gasteiger partial charge in [-0.15, -0.1) is 0 Å². The highest BCUT2D eigenvalue weighted by Gasteiger charge is 2.57.